The molecule has 2 N–H and O–H groups in total. The normalized spacial score (nSPS) is 15.4. The number of carbonyl (C=O) groups is 2. The Labute approximate surface area is 141 Å². The van der Waals surface area contributed by atoms with Gasteiger partial charge in [-0.2, -0.15) is 0 Å². The van der Waals surface area contributed by atoms with Crippen molar-refractivity contribution >= 4 is 22.9 Å². The molecule has 128 valence electrons. The summed E-state index contributed by atoms with van der Waals surface area (Å²) >= 11 is 0. The molecule has 1 aromatic heterocycles. The van der Waals surface area contributed by atoms with E-state index in [0.29, 0.717) is 30.2 Å². The summed E-state index contributed by atoms with van der Waals surface area (Å²) in [6, 6.07) is 5.32. The van der Waals surface area contributed by atoms with Crippen molar-refractivity contribution in [3.63, 3.8) is 0 Å². The van der Waals surface area contributed by atoms with Gasteiger partial charge in [0.1, 0.15) is 5.52 Å². The van der Waals surface area contributed by atoms with Crippen LogP contribution < -0.4 is 10.6 Å². The number of nitrogens with one attached hydrogen (secondary N) is 2. The van der Waals surface area contributed by atoms with Crippen LogP contribution in [0.1, 0.15) is 61.2 Å². The first-order chi connectivity index (χ1) is 11.6. The lowest BCUT2D eigenvalue weighted by atomic mass is 9.89. The van der Waals surface area contributed by atoms with Crippen LogP contribution in [0, 0.1) is 0 Å². The Morgan fingerprint density at radius 1 is 1.17 bits per heavy atom. The predicted octanol–water partition coefficient (Wildman–Crippen LogP) is 2.74. The fourth-order valence-electron chi connectivity index (χ4n) is 3.12. The maximum Gasteiger partial charge on any atom is 0.251 e. The van der Waals surface area contributed by atoms with E-state index >= 15 is 0 Å². The van der Waals surface area contributed by atoms with Crippen molar-refractivity contribution in [2.45, 2.75) is 44.9 Å². The number of carbonyl (C=O) groups excluding carboxylic acids is 2. The van der Waals surface area contributed by atoms with Crippen LogP contribution in [0.3, 0.4) is 0 Å². The summed E-state index contributed by atoms with van der Waals surface area (Å²) in [6.07, 6.45) is 6.00. The number of rotatable bonds is 5. The van der Waals surface area contributed by atoms with Crippen molar-refractivity contribution in [3.8, 4) is 0 Å². The summed E-state index contributed by atoms with van der Waals surface area (Å²) in [5, 5.41) is 5.41. The van der Waals surface area contributed by atoms with Crippen molar-refractivity contribution in [3.05, 3.63) is 29.7 Å². The second kappa shape index (κ2) is 7.47. The molecule has 0 bridgehead atoms. The van der Waals surface area contributed by atoms with Gasteiger partial charge in [0.2, 0.25) is 5.91 Å². The Morgan fingerprint density at radius 3 is 2.67 bits per heavy atom. The molecule has 0 unspecified atom stereocenters. The molecule has 0 spiro atoms. The van der Waals surface area contributed by atoms with Crippen molar-refractivity contribution in [1.82, 2.24) is 15.6 Å². The molecule has 1 aliphatic carbocycles. The first kappa shape index (κ1) is 16.5. The highest BCUT2D eigenvalue weighted by molar-refractivity contribution is 5.97. The van der Waals surface area contributed by atoms with E-state index in [4.69, 9.17) is 4.42 Å². The molecular formula is C18H23N3O3. The number of amides is 2. The predicted molar refractivity (Wildman–Crippen MR) is 90.9 cm³/mol. The van der Waals surface area contributed by atoms with Gasteiger partial charge in [-0.25, -0.2) is 4.98 Å². The monoisotopic (exact) mass is 329 g/mol. The lowest BCUT2D eigenvalue weighted by molar-refractivity contribution is -0.118. The van der Waals surface area contributed by atoms with Crippen LogP contribution in [-0.2, 0) is 4.79 Å². The van der Waals surface area contributed by atoms with Gasteiger partial charge >= 0.3 is 0 Å². The average Bonchev–Trinajstić information content (AvgIpc) is 3.02. The van der Waals surface area contributed by atoms with Gasteiger partial charge in [0, 0.05) is 31.5 Å². The second-order valence-corrected chi connectivity index (χ2v) is 6.31. The number of fused-ring (bicyclic) bond motifs is 1. The van der Waals surface area contributed by atoms with Gasteiger partial charge in [0.15, 0.2) is 11.5 Å². The van der Waals surface area contributed by atoms with Crippen LogP contribution in [0.15, 0.2) is 22.6 Å². The van der Waals surface area contributed by atoms with E-state index < -0.39 is 0 Å². The van der Waals surface area contributed by atoms with Gasteiger partial charge in [0.05, 0.1) is 0 Å². The van der Waals surface area contributed by atoms with E-state index in [1.54, 1.807) is 12.1 Å². The topological polar surface area (TPSA) is 84.2 Å². The van der Waals surface area contributed by atoms with E-state index in [9.17, 15) is 9.59 Å². The third kappa shape index (κ3) is 3.93. The minimum Gasteiger partial charge on any atom is -0.440 e. The number of hydrogen-bond acceptors (Lipinski definition) is 4. The number of hydrogen-bond donors (Lipinski definition) is 2. The van der Waals surface area contributed by atoms with E-state index in [1.807, 2.05) is 6.07 Å². The number of nitrogens with zero attached hydrogens (tertiary/aromatic N) is 1. The minimum atomic E-state index is -0.183. The first-order valence-electron chi connectivity index (χ1n) is 8.56. The zero-order valence-electron chi connectivity index (χ0n) is 13.9. The molecule has 2 aromatic rings. The SMILES string of the molecule is CC(=O)NCCNC(=O)c1ccc2nc(C3CCCCC3)oc2c1. The van der Waals surface area contributed by atoms with Crippen LogP contribution >= 0.6 is 0 Å². The fourth-order valence-corrected chi connectivity index (χ4v) is 3.12. The molecule has 1 saturated carbocycles. The number of benzene rings is 1. The van der Waals surface area contributed by atoms with Crippen molar-refractivity contribution < 1.29 is 14.0 Å². The average molecular weight is 329 g/mol. The van der Waals surface area contributed by atoms with Crippen molar-refractivity contribution in [2.24, 2.45) is 0 Å². The molecule has 6 nitrogen and oxygen atoms in total. The Morgan fingerprint density at radius 2 is 1.92 bits per heavy atom. The Balaban J connectivity index is 1.66. The summed E-state index contributed by atoms with van der Waals surface area (Å²) in [5.74, 6) is 0.912. The van der Waals surface area contributed by atoms with Crippen molar-refractivity contribution in [1.29, 1.82) is 0 Å². The summed E-state index contributed by atoms with van der Waals surface area (Å²) in [4.78, 5) is 27.5. The molecule has 2 amide bonds. The van der Waals surface area contributed by atoms with Crippen LogP contribution in [0.2, 0.25) is 0 Å². The third-order valence-corrected chi connectivity index (χ3v) is 4.41. The Kier molecular flexibility index (Phi) is 5.13. The maximum absolute atomic E-state index is 12.2. The van der Waals surface area contributed by atoms with Crippen LogP contribution in [0.25, 0.3) is 11.1 Å². The molecule has 1 aromatic carbocycles. The minimum absolute atomic E-state index is 0.109. The van der Waals surface area contributed by atoms with Crippen LogP contribution in [0.5, 0.6) is 0 Å². The van der Waals surface area contributed by atoms with Gasteiger partial charge in [-0.15, -0.1) is 0 Å². The van der Waals surface area contributed by atoms with E-state index in [1.165, 1.54) is 26.2 Å². The largest absolute Gasteiger partial charge is 0.440 e. The van der Waals surface area contributed by atoms with E-state index in [0.717, 1.165) is 24.2 Å². The number of oxazole rings is 1. The number of aromatic nitrogens is 1. The molecule has 6 heteroatoms. The van der Waals surface area contributed by atoms with Crippen LogP contribution in [-0.4, -0.2) is 29.9 Å². The lowest BCUT2D eigenvalue weighted by Crippen LogP contribution is -2.33. The summed E-state index contributed by atoms with van der Waals surface area (Å²) in [7, 11) is 0. The summed E-state index contributed by atoms with van der Waals surface area (Å²) in [5.41, 5.74) is 1.99. The van der Waals surface area contributed by atoms with Gasteiger partial charge in [-0.05, 0) is 31.0 Å². The quantitative estimate of drug-likeness (QED) is 0.826. The molecule has 0 aliphatic heterocycles. The van der Waals surface area contributed by atoms with Crippen LogP contribution in [0.4, 0.5) is 0 Å². The molecule has 1 aliphatic rings. The van der Waals surface area contributed by atoms with E-state index in [-0.39, 0.29) is 11.8 Å². The summed E-state index contributed by atoms with van der Waals surface area (Å²) < 4.78 is 5.91. The zero-order chi connectivity index (χ0) is 16.9. The second-order valence-electron chi connectivity index (χ2n) is 6.31. The van der Waals surface area contributed by atoms with Gasteiger partial charge < -0.3 is 15.1 Å². The van der Waals surface area contributed by atoms with Crippen molar-refractivity contribution in [2.75, 3.05) is 13.1 Å². The highest BCUT2D eigenvalue weighted by Crippen LogP contribution is 2.33. The Hall–Kier alpha value is -2.37. The van der Waals surface area contributed by atoms with Gasteiger partial charge in [-0.1, -0.05) is 19.3 Å². The third-order valence-electron chi connectivity index (χ3n) is 4.41. The zero-order valence-corrected chi connectivity index (χ0v) is 13.9. The first-order valence-corrected chi connectivity index (χ1v) is 8.56. The standard InChI is InChI=1S/C18H23N3O3/c1-12(22)19-9-10-20-17(23)14-7-8-15-16(11-14)24-18(21-15)13-5-3-2-4-6-13/h7-8,11,13H,2-6,9-10H2,1H3,(H,19,22)(H,20,23). The van der Waals surface area contributed by atoms with Gasteiger partial charge in [-0.3, -0.25) is 9.59 Å². The molecule has 1 fully saturated rings. The Bertz CT molecular complexity index is 732. The highest BCUT2D eigenvalue weighted by atomic mass is 16.3. The van der Waals surface area contributed by atoms with E-state index in [2.05, 4.69) is 15.6 Å². The molecular weight excluding hydrogens is 306 g/mol. The molecule has 1 heterocycles. The lowest BCUT2D eigenvalue weighted by Gasteiger charge is -2.17. The highest BCUT2D eigenvalue weighted by Gasteiger charge is 2.21. The molecule has 0 atom stereocenters. The molecule has 0 saturated heterocycles. The molecule has 0 radical (unpaired) electrons. The smallest absolute Gasteiger partial charge is 0.251 e. The maximum atomic E-state index is 12.2. The fraction of sp³-hybridized carbons (Fsp3) is 0.500. The molecule has 24 heavy (non-hydrogen) atoms. The summed E-state index contributed by atoms with van der Waals surface area (Å²) in [6.45, 7) is 2.25. The molecule has 3 rings (SSSR count). The van der Waals surface area contributed by atoms with Gasteiger partial charge in [0.25, 0.3) is 5.91 Å².